The van der Waals surface area contributed by atoms with E-state index in [1.807, 2.05) is 41.5 Å². The van der Waals surface area contributed by atoms with Crippen molar-refractivity contribution in [2.75, 3.05) is 13.2 Å². The standard InChI is InChI=1S/C19H21NO2S/c1-2-20(14-17-6-4-12-23-17)19(21)10-8-15-7-9-16-5-3-11-22-18(16)13-15/h4,6-10,12-13H,2-3,5,11,14H2,1H3/b10-8+. The van der Waals surface area contributed by atoms with E-state index in [-0.39, 0.29) is 5.91 Å². The topological polar surface area (TPSA) is 29.5 Å². The lowest BCUT2D eigenvalue weighted by Crippen LogP contribution is -2.28. The highest BCUT2D eigenvalue weighted by Gasteiger charge is 2.11. The van der Waals surface area contributed by atoms with Gasteiger partial charge in [-0.3, -0.25) is 4.79 Å². The second-order valence-electron chi connectivity index (χ2n) is 5.58. The lowest BCUT2D eigenvalue weighted by atomic mass is 10.0. The molecule has 1 aromatic heterocycles. The summed E-state index contributed by atoms with van der Waals surface area (Å²) >= 11 is 1.68. The molecule has 0 N–H and O–H groups in total. The van der Waals surface area contributed by atoms with E-state index in [4.69, 9.17) is 4.74 Å². The molecule has 0 atom stereocenters. The fraction of sp³-hybridized carbons (Fsp3) is 0.316. The predicted molar refractivity (Wildman–Crippen MR) is 94.7 cm³/mol. The van der Waals surface area contributed by atoms with Crippen LogP contribution in [0.25, 0.3) is 6.08 Å². The number of rotatable bonds is 5. The van der Waals surface area contributed by atoms with Crippen molar-refractivity contribution in [2.24, 2.45) is 0 Å². The van der Waals surface area contributed by atoms with Crippen LogP contribution in [0.5, 0.6) is 5.75 Å². The molecule has 23 heavy (non-hydrogen) atoms. The smallest absolute Gasteiger partial charge is 0.246 e. The molecule has 3 nitrogen and oxygen atoms in total. The summed E-state index contributed by atoms with van der Waals surface area (Å²) in [6.45, 7) is 4.16. The average molecular weight is 327 g/mol. The Morgan fingerprint density at radius 2 is 2.30 bits per heavy atom. The van der Waals surface area contributed by atoms with Gasteiger partial charge in [0.25, 0.3) is 0 Å². The number of thiophene rings is 1. The summed E-state index contributed by atoms with van der Waals surface area (Å²) in [5, 5.41) is 2.04. The van der Waals surface area contributed by atoms with Crippen molar-refractivity contribution in [1.82, 2.24) is 4.90 Å². The number of likely N-dealkylation sites (N-methyl/N-ethyl adjacent to an activating group) is 1. The molecule has 0 bridgehead atoms. The van der Waals surface area contributed by atoms with Crippen LogP contribution >= 0.6 is 11.3 Å². The van der Waals surface area contributed by atoms with Crippen LogP contribution in [-0.2, 0) is 17.8 Å². The highest BCUT2D eigenvalue weighted by atomic mass is 32.1. The van der Waals surface area contributed by atoms with Crippen LogP contribution in [0.2, 0.25) is 0 Å². The molecule has 1 aliphatic rings. The van der Waals surface area contributed by atoms with E-state index >= 15 is 0 Å². The van der Waals surface area contributed by atoms with Gasteiger partial charge in [-0.2, -0.15) is 0 Å². The van der Waals surface area contributed by atoms with Crippen LogP contribution in [0.4, 0.5) is 0 Å². The van der Waals surface area contributed by atoms with Gasteiger partial charge in [0.1, 0.15) is 5.75 Å². The Morgan fingerprint density at radius 1 is 1.39 bits per heavy atom. The Kier molecular flexibility index (Phi) is 5.13. The second-order valence-corrected chi connectivity index (χ2v) is 6.62. The van der Waals surface area contributed by atoms with E-state index in [0.29, 0.717) is 13.1 Å². The van der Waals surface area contributed by atoms with Crippen LogP contribution in [0.15, 0.2) is 41.8 Å². The maximum Gasteiger partial charge on any atom is 0.246 e. The minimum Gasteiger partial charge on any atom is -0.493 e. The number of hydrogen-bond donors (Lipinski definition) is 0. The molecule has 2 aromatic rings. The molecule has 0 spiro atoms. The Bertz CT molecular complexity index is 691. The number of hydrogen-bond acceptors (Lipinski definition) is 3. The lowest BCUT2D eigenvalue weighted by molar-refractivity contribution is -0.126. The van der Waals surface area contributed by atoms with Gasteiger partial charge in [-0.25, -0.2) is 0 Å². The number of benzene rings is 1. The van der Waals surface area contributed by atoms with Crippen LogP contribution in [0.1, 0.15) is 29.3 Å². The van der Waals surface area contributed by atoms with E-state index in [0.717, 1.165) is 30.8 Å². The molecule has 1 amide bonds. The minimum absolute atomic E-state index is 0.0412. The molecule has 0 unspecified atom stereocenters. The first-order valence-electron chi connectivity index (χ1n) is 8.01. The molecule has 0 saturated heterocycles. The zero-order valence-electron chi connectivity index (χ0n) is 13.3. The maximum atomic E-state index is 12.4. The van der Waals surface area contributed by atoms with E-state index in [2.05, 4.69) is 12.1 Å². The van der Waals surface area contributed by atoms with Gasteiger partial charge >= 0.3 is 0 Å². The first-order valence-corrected chi connectivity index (χ1v) is 8.89. The zero-order valence-corrected chi connectivity index (χ0v) is 14.1. The molecule has 120 valence electrons. The summed E-state index contributed by atoms with van der Waals surface area (Å²) < 4.78 is 5.68. The summed E-state index contributed by atoms with van der Waals surface area (Å²) in [6.07, 6.45) is 5.68. The molecule has 0 radical (unpaired) electrons. The molecule has 4 heteroatoms. The SMILES string of the molecule is CCN(Cc1cccs1)C(=O)/C=C/c1ccc2c(c1)OCCC2. The van der Waals surface area contributed by atoms with Gasteiger partial charge in [-0.15, -0.1) is 11.3 Å². The number of carbonyl (C=O) groups excluding carboxylic acids is 1. The lowest BCUT2D eigenvalue weighted by Gasteiger charge is -2.18. The van der Waals surface area contributed by atoms with Crippen molar-refractivity contribution in [1.29, 1.82) is 0 Å². The van der Waals surface area contributed by atoms with Gasteiger partial charge in [0.15, 0.2) is 0 Å². The van der Waals surface area contributed by atoms with Crippen molar-refractivity contribution in [3.8, 4) is 5.75 Å². The van der Waals surface area contributed by atoms with Crippen LogP contribution in [-0.4, -0.2) is 24.0 Å². The molecule has 0 aliphatic carbocycles. The third kappa shape index (κ3) is 4.02. The fourth-order valence-corrected chi connectivity index (χ4v) is 3.39. The van der Waals surface area contributed by atoms with E-state index < -0.39 is 0 Å². The number of nitrogens with zero attached hydrogens (tertiary/aromatic N) is 1. The summed E-state index contributed by atoms with van der Waals surface area (Å²) in [4.78, 5) is 15.4. The van der Waals surface area contributed by atoms with Crippen molar-refractivity contribution >= 4 is 23.3 Å². The monoisotopic (exact) mass is 327 g/mol. The summed E-state index contributed by atoms with van der Waals surface area (Å²) in [7, 11) is 0. The highest BCUT2D eigenvalue weighted by molar-refractivity contribution is 7.09. The van der Waals surface area contributed by atoms with Gasteiger partial charge in [0, 0.05) is 17.5 Å². The number of carbonyl (C=O) groups is 1. The molecule has 2 heterocycles. The predicted octanol–water partition coefficient (Wildman–Crippen LogP) is 4.14. The second kappa shape index (κ2) is 7.47. The molecular weight excluding hydrogens is 306 g/mol. The van der Waals surface area contributed by atoms with Gasteiger partial charge < -0.3 is 9.64 Å². The van der Waals surface area contributed by atoms with Gasteiger partial charge in [-0.05, 0) is 54.5 Å². The Hall–Kier alpha value is -2.07. The van der Waals surface area contributed by atoms with Crippen molar-refractivity contribution in [2.45, 2.75) is 26.3 Å². The summed E-state index contributed by atoms with van der Waals surface area (Å²) in [5.41, 5.74) is 2.26. The number of ether oxygens (including phenoxy) is 1. The Balaban J connectivity index is 1.67. The van der Waals surface area contributed by atoms with Crippen LogP contribution in [0, 0.1) is 0 Å². The van der Waals surface area contributed by atoms with E-state index in [9.17, 15) is 4.79 Å². The Morgan fingerprint density at radius 3 is 3.09 bits per heavy atom. The molecule has 3 rings (SSSR count). The number of fused-ring (bicyclic) bond motifs is 1. The quantitative estimate of drug-likeness (QED) is 0.773. The largest absolute Gasteiger partial charge is 0.493 e. The third-order valence-corrected chi connectivity index (χ3v) is 4.84. The van der Waals surface area contributed by atoms with Gasteiger partial charge in [0.2, 0.25) is 5.91 Å². The van der Waals surface area contributed by atoms with Gasteiger partial charge in [-0.1, -0.05) is 18.2 Å². The Labute approximate surface area is 141 Å². The van der Waals surface area contributed by atoms with Crippen LogP contribution in [0.3, 0.4) is 0 Å². The normalized spacial score (nSPS) is 13.6. The summed E-state index contributed by atoms with van der Waals surface area (Å²) in [6, 6.07) is 10.2. The zero-order chi connectivity index (χ0) is 16.1. The number of aryl methyl sites for hydroxylation is 1. The first kappa shape index (κ1) is 15.8. The van der Waals surface area contributed by atoms with Gasteiger partial charge in [0.05, 0.1) is 13.2 Å². The maximum absolute atomic E-state index is 12.4. The van der Waals surface area contributed by atoms with E-state index in [1.54, 1.807) is 17.4 Å². The third-order valence-electron chi connectivity index (χ3n) is 3.98. The molecule has 0 fully saturated rings. The fourth-order valence-electron chi connectivity index (χ4n) is 2.67. The van der Waals surface area contributed by atoms with Crippen LogP contribution < -0.4 is 4.74 Å². The molecule has 1 aromatic carbocycles. The molecule has 0 saturated carbocycles. The molecular formula is C19H21NO2S. The summed E-state index contributed by atoms with van der Waals surface area (Å²) in [5.74, 6) is 0.997. The van der Waals surface area contributed by atoms with E-state index in [1.165, 1.54) is 10.4 Å². The van der Waals surface area contributed by atoms with Crippen molar-refractivity contribution in [3.05, 3.63) is 57.8 Å². The first-order chi connectivity index (χ1) is 11.3. The minimum atomic E-state index is 0.0412. The average Bonchev–Trinajstić information content (AvgIpc) is 3.10. The highest BCUT2D eigenvalue weighted by Crippen LogP contribution is 2.26. The van der Waals surface area contributed by atoms with Crippen molar-refractivity contribution < 1.29 is 9.53 Å². The molecule has 1 aliphatic heterocycles. The van der Waals surface area contributed by atoms with Crippen molar-refractivity contribution in [3.63, 3.8) is 0 Å². The number of amides is 1.